The van der Waals surface area contributed by atoms with Crippen molar-refractivity contribution in [1.29, 1.82) is 0 Å². The Kier molecular flexibility index (Phi) is 3.26. The fourth-order valence-electron chi connectivity index (χ4n) is 2.41. The predicted molar refractivity (Wildman–Crippen MR) is 62.2 cm³/mol. The summed E-state index contributed by atoms with van der Waals surface area (Å²) in [6, 6.07) is 3.98. The highest BCUT2D eigenvalue weighted by molar-refractivity contribution is 5.29. The Labute approximate surface area is 96.2 Å². The number of rotatable bonds is 3. The molecule has 2 N–H and O–H groups in total. The summed E-state index contributed by atoms with van der Waals surface area (Å²) in [4.78, 5) is 4.33. The highest BCUT2D eigenvalue weighted by Crippen LogP contribution is 2.35. The lowest BCUT2D eigenvalue weighted by Gasteiger charge is -2.26. The molecule has 0 saturated carbocycles. The average molecular weight is 221 g/mol. The Bertz CT molecular complexity index is 365. The molecule has 0 fully saturated rings. The normalized spacial score (nSPS) is 23.2. The molecule has 1 heterocycles. The zero-order chi connectivity index (χ0) is 11.7. The quantitative estimate of drug-likeness (QED) is 0.813. The van der Waals surface area contributed by atoms with E-state index in [0.29, 0.717) is 0 Å². The summed E-state index contributed by atoms with van der Waals surface area (Å²) < 4.78 is 0. The topological polar surface area (TPSA) is 53.4 Å². The van der Waals surface area contributed by atoms with Gasteiger partial charge in [-0.1, -0.05) is 19.9 Å². The number of nitrogens with zero attached hydrogens (tertiary/aromatic N) is 1. The third kappa shape index (κ3) is 1.97. The minimum Gasteiger partial charge on any atom is -0.390 e. The third-order valence-electron chi connectivity index (χ3n) is 3.45. The van der Waals surface area contributed by atoms with Gasteiger partial charge in [-0.15, -0.1) is 0 Å². The van der Waals surface area contributed by atoms with E-state index in [2.05, 4.69) is 11.1 Å². The summed E-state index contributed by atoms with van der Waals surface area (Å²) in [5.74, 6) is 0.0661. The van der Waals surface area contributed by atoms with Crippen molar-refractivity contribution < 1.29 is 10.2 Å². The van der Waals surface area contributed by atoms with Gasteiger partial charge in [0, 0.05) is 17.8 Å². The largest absolute Gasteiger partial charge is 0.390 e. The van der Waals surface area contributed by atoms with E-state index in [-0.39, 0.29) is 11.8 Å². The molecule has 1 aliphatic carbocycles. The first-order valence-electron chi connectivity index (χ1n) is 5.91. The molecule has 1 aliphatic rings. The van der Waals surface area contributed by atoms with Crippen LogP contribution in [0.2, 0.25) is 0 Å². The average Bonchev–Trinajstić information content (AvgIpc) is 2.70. The fourth-order valence-corrected chi connectivity index (χ4v) is 2.41. The number of aliphatic hydroxyl groups is 2. The monoisotopic (exact) mass is 221 g/mol. The van der Waals surface area contributed by atoms with E-state index in [1.54, 1.807) is 6.20 Å². The molecule has 2 rings (SSSR count). The molecule has 16 heavy (non-hydrogen) atoms. The van der Waals surface area contributed by atoms with Gasteiger partial charge in [-0.3, -0.25) is 4.98 Å². The second-order valence-corrected chi connectivity index (χ2v) is 4.92. The SMILES string of the molecule is CC(C)C(O)C(O)C1CCc2cccnc21. The molecule has 3 heteroatoms. The van der Waals surface area contributed by atoms with Crippen LogP contribution in [0.1, 0.15) is 37.4 Å². The number of aromatic nitrogens is 1. The maximum atomic E-state index is 10.1. The Morgan fingerprint density at radius 2 is 2.12 bits per heavy atom. The lowest BCUT2D eigenvalue weighted by atomic mass is 9.90. The number of hydrogen-bond donors (Lipinski definition) is 2. The van der Waals surface area contributed by atoms with Gasteiger partial charge in [0.05, 0.1) is 12.2 Å². The maximum absolute atomic E-state index is 10.1. The minimum atomic E-state index is -0.698. The van der Waals surface area contributed by atoms with Crippen molar-refractivity contribution >= 4 is 0 Å². The lowest BCUT2D eigenvalue weighted by Crippen LogP contribution is -2.35. The second kappa shape index (κ2) is 4.52. The smallest absolute Gasteiger partial charge is 0.0885 e. The first-order chi connectivity index (χ1) is 7.61. The van der Waals surface area contributed by atoms with Gasteiger partial charge < -0.3 is 10.2 Å². The molecule has 0 radical (unpaired) electrons. The maximum Gasteiger partial charge on any atom is 0.0885 e. The van der Waals surface area contributed by atoms with Gasteiger partial charge in [0.1, 0.15) is 0 Å². The van der Waals surface area contributed by atoms with E-state index in [0.717, 1.165) is 18.5 Å². The molecular weight excluding hydrogens is 202 g/mol. The van der Waals surface area contributed by atoms with Crippen LogP contribution in [-0.4, -0.2) is 27.4 Å². The van der Waals surface area contributed by atoms with Gasteiger partial charge in [-0.2, -0.15) is 0 Å². The van der Waals surface area contributed by atoms with E-state index >= 15 is 0 Å². The van der Waals surface area contributed by atoms with Crippen LogP contribution in [0.4, 0.5) is 0 Å². The van der Waals surface area contributed by atoms with Crippen LogP contribution < -0.4 is 0 Å². The van der Waals surface area contributed by atoms with Crippen molar-refractivity contribution in [1.82, 2.24) is 4.98 Å². The van der Waals surface area contributed by atoms with Gasteiger partial charge in [-0.05, 0) is 30.4 Å². The van der Waals surface area contributed by atoms with Crippen molar-refractivity contribution in [2.45, 2.75) is 44.8 Å². The predicted octanol–water partition coefficient (Wildman–Crippen LogP) is 1.49. The zero-order valence-corrected chi connectivity index (χ0v) is 9.80. The Morgan fingerprint density at radius 1 is 1.38 bits per heavy atom. The van der Waals surface area contributed by atoms with E-state index in [1.165, 1.54) is 5.56 Å². The van der Waals surface area contributed by atoms with Crippen LogP contribution in [0.25, 0.3) is 0 Å². The van der Waals surface area contributed by atoms with Crippen LogP contribution in [0, 0.1) is 5.92 Å². The molecular formula is C13H19NO2. The first kappa shape index (κ1) is 11.6. The fraction of sp³-hybridized carbons (Fsp3) is 0.615. The van der Waals surface area contributed by atoms with E-state index < -0.39 is 12.2 Å². The highest BCUT2D eigenvalue weighted by Gasteiger charge is 2.34. The van der Waals surface area contributed by atoms with Crippen molar-refractivity contribution in [2.75, 3.05) is 0 Å². The van der Waals surface area contributed by atoms with Crippen LogP contribution in [-0.2, 0) is 6.42 Å². The molecule has 88 valence electrons. The van der Waals surface area contributed by atoms with Crippen LogP contribution in [0.3, 0.4) is 0 Å². The summed E-state index contributed by atoms with van der Waals surface area (Å²) in [5.41, 5.74) is 2.18. The summed E-state index contributed by atoms with van der Waals surface area (Å²) in [7, 11) is 0. The Balaban J connectivity index is 2.19. The molecule has 0 saturated heterocycles. The summed E-state index contributed by atoms with van der Waals surface area (Å²) in [5, 5.41) is 20.0. The summed E-state index contributed by atoms with van der Waals surface area (Å²) in [6.45, 7) is 3.84. The van der Waals surface area contributed by atoms with Gasteiger partial charge in [-0.25, -0.2) is 0 Å². The molecule has 3 unspecified atom stereocenters. The van der Waals surface area contributed by atoms with Gasteiger partial charge >= 0.3 is 0 Å². The number of pyridine rings is 1. The zero-order valence-electron chi connectivity index (χ0n) is 9.80. The molecule has 0 spiro atoms. The number of hydrogen-bond acceptors (Lipinski definition) is 3. The molecule has 3 atom stereocenters. The molecule has 0 bridgehead atoms. The summed E-state index contributed by atoms with van der Waals surface area (Å²) >= 11 is 0. The molecule has 1 aromatic heterocycles. The Morgan fingerprint density at radius 3 is 2.81 bits per heavy atom. The van der Waals surface area contributed by atoms with Crippen LogP contribution in [0.15, 0.2) is 18.3 Å². The van der Waals surface area contributed by atoms with Crippen molar-refractivity contribution in [3.8, 4) is 0 Å². The minimum absolute atomic E-state index is 0.00593. The Hall–Kier alpha value is -0.930. The molecule has 0 aliphatic heterocycles. The number of aryl methyl sites for hydroxylation is 1. The van der Waals surface area contributed by atoms with E-state index in [9.17, 15) is 10.2 Å². The summed E-state index contributed by atoms with van der Waals surface area (Å²) in [6.07, 6.45) is 2.23. The second-order valence-electron chi connectivity index (χ2n) is 4.92. The van der Waals surface area contributed by atoms with Gasteiger partial charge in [0.15, 0.2) is 0 Å². The van der Waals surface area contributed by atoms with Crippen LogP contribution in [0.5, 0.6) is 0 Å². The standard InChI is InChI=1S/C13H19NO2/c1-8(2)12(15)13(16)10-6-5-9-4-3-7-14-11(9)10/h3-4,7-8,10,12-13,15-16H,5-6H2,1-2H3. The van der Waals surface area contributed by atoms with Crippen molar-refractivity contribution in [3.05, 3.63) is 29.6 Å². The highest BCUT2D eigenvalue weighted by atomic mass is 16.3. The molecule has 1 aromatic rings. The molecule has 0 aromatic carbocycles. The van der Waals surface area contributed by atoms with Crippen molar-refractivity contribution in [3.63, 3.8) is 0 Å². The van der Waals surface area contributed by atoms with Gasteiger partial charge in [0.2, 0.25) is 0 Å². The van der Waals surface area contributed by atoms with E-state index in [4.69, 9.17) is 0 Å². The first-order valence-corrected chi connectivity index (χ1v) is 5.91. The number of fused-ring (bicyclic) bond motifs is 1. The molecule has 0 amide bonds. The van der Waals surface area contributed by atoms with Gasteiger partial charge in [0.25, 0.3) is 0 Å². The van der Waals surface area contributed by atoms with E-state index in [1.807, 2.05) is 19.9 Å². The third-order valence-corrected chi connectivity index (χ3v) is 3.45. The van der Waals surface area contributed by atoms with Crippen LogP contribution >= 0.6 is 0 Å². The lowest BCUT2D eigenvalue weighted by molar-refractivity contribution is -0.0230. The van der Waals surface area contributed by atoms with Crippen molar-refractivity contribution in [2.24, 2.45) is 5.92 Å². The number of aliphatic hydroxyl groups excluding tert-OH is 2. The molecule has 3 nitrogen and oxygen atoms in total.